The van der Waals surface area contributed by atoms with Gasteiger partial charge in [-0.15, -0.1) is 0 Å². The maximum atomic E-state index is 11.5. The largest absolute Gasteiger partial charge is 0.299 e. The quantitative estimate of drug-likeness (QED) is 0.562. The predicted octanol–water partition coefficient (Wildman–Crippen LogP) is 2.35. The fraction of sp³-hybridized carbons (Fsp3) is 0.700. The first-order valence-electron chi connectivity index (χ1n) is 4.65. The Bertz CT molecular complexity index is 280. The molecule has 0 N–H and O–H groups in total. The molecular formula is C10H11ClO. The van der Waals surface area contributed by atoms with Crippen molar-refractivity contribution >= 4 is 17.4 Å². The summed E-state index contributed by atoms with van der Waals surface area (Å²) >= 11 is 6.07. The first-order chi connectivity index (χ1) is 5.75. The van der Waals surface area contributed by atoms with Crippen LogP contribution in [0.15, 0.2) is 11.1 Å². The van der Waals surface area contributed by atoms with E-state index in [1.165, 1.54) is 12.8 Å². The summed E-state index contributed by atoms with van der Waals surface area (Å²) in [5.41, 5.74) is 0. The van der Waals surface area contributed by atoms with Crippen LogP contribution in [0.4, 0.5) is 0 Å². The highest BCUT2D eigenvalue weighted by Crippen LogP contribution is 2.55. The summed E-state index contributed by atoms with van der Waals surface area (Å²) in [5, 5.41) is 0.848. The van der Waals surface area contributed by atoms with Crippen LogP contribution in [0, 0.1) is 23.7 Å². The molecule has 64 valence electrons. The lowest BCUT2D eigenvalue weighted by atomic mass is 9.86. The molecule has 0 aromatic heterocycles. The van der Waals surface area contributed by atoms with Gasteiger partial charge in [-0.2, -0.15) is 0 Å². The van der Waals surface area contributed by atoms with Crippen molar-refractivity contribution < 1.29 is 4.79 Å². The molecule has 1 nitrogen and oxygen atoms in total. The van der Waals surface area contributed by atoms with E-state index in [1.807, 2.05) is 0 Å². The van der Waals surface area contributed by atoms with E-state index in [4.69, 9.17) is 11.6 Å². The molecule has 0 aromatic rings. The number of hydrogen-bond acceptors (Lipinski definition) is 1. The second kappa shape index (κ2) is 2.14. The molecule has 12 heavy (non-hydrogen) atoms. The van der Waals surface area contributed by atoms with Crippen LogP contribution in [-0.4, -0.2) is 5.78 Å². The smallest absolute Gasteiger partial charge is 0.141 e. The van der Waals surface area contributed by atoms with E-state index in [0.29, 0.717) is 23.5 Å². The van der Waals surface area contributed by atoms with Crippen LogP contribution in [0.3, 0.4) is 0 Å². The summed E-state index contributed by atoms with van der Waals surface area (Å²) in [7, 11) is 0. The zero-order valence-corrected chi connectivity index (χ0v) is 7.55. The number of halogens is 1. The standard InChI is InChI=1S/C10H11ClO/c11-8-3-5-1-6-4-9(12)10(8)7(6)2-5/h3,5-7,10H,1-2,4H2/t5-,6-,7-,10+/m1/s1. The number of ketones is 1. The normalized spacial score (nSPS) is 49.8. The van der Waals surface area contributed by atoms with Gasteiger partial charge in [0.05, 0.1) is 5.92 Å². The van der Waals surface area contributed by atoms with E-state index >= 15 is 0 Å². The van der Waals surface area contributed by atoms with Crippen LogP contribution in [0.5, 0.6) is 0 Å². The first kappa shape index (κ1) is 7.14. The lowest BCUT2D eigenvalue weighted by Gasteiger charge is -2.21. The predicted molar refractivity (Wildman–Crippen MR) is 46.8 cm³/mol. The Morgan fingerprint density at radius 2 is 2.25 bits per heavy atom. The van der Waals surface area contributed by atoms with Crippen LogP contribution in [0.1, 0.15) is 19.3 Å². The molecule has 0 amide bonds. The summed E-state index contributed by atoms with van der Waals surface area (Å²) in [6.45, 7) is 0. The van der Waals surface area contributed by atoms with Crippen molar-refractivity contribution in [3.63, 3.8) is 0 Å². The molecule has 2 saturated carbocycles. The molecule has 2 bridgehead atoms. The average molecular weight is 183 g/mol. The molecule has 2 fully saturated rings. The Morgan fingerprint density at radius 3 is 3.08 bits per heavy atom. The van der Waals surface area contributed by atoms with Gasteiger partial charge < -0.3 is 0 Å². The summed E-state index contributed by atoms with van der Waals surface area (Å²) in [6.07, 6.45) is 5.36. The lowest BCUT2D eigenvalue weighted by Crippen LogP contribution is -2.19. The number of Topliss-reactive ketones (excluding diaryl/α,β-unsaturated/α-hetero) is 1. The zero-order valence-electron chi connectivity index (χ0n) is 6.79. The fourth-order valence-electron chi connectivity index (χ4n) is 3.29. The molecule has 0 spiro atoms. The molecule has 0 radical (unpaired) electrons. The lowest BCUT2D eigenvalue weighted by molar-refractivity contribution is -0.120. The van der Waals surface area contributed by atoms with Crippen molar-refractivity contribution in [1.82, 2.24) is 0 Å². The number of rotatable bonds is 0. The number of carbonyl (C=O) groups excluding carboxylic acids is 1. The Hall–Kier alpha value is -0.300. The van der Waals surface area contributed by atoms with Crippen molar-refractivity contribution in [3.8, 4) is 0 Å². The van der Waals surface area contributed by atoms with Crippen LogP contribution >= 0.6 is 11.6 Å². The van der Waals surface area contributed by atoms with Crippen LogP contribution < -0.4 is 0 Å². The third kappa shape index (κ3) is 0.731. The van der Waals surface area contributed by atoms with Crippen molar-refractivity contribution in [2.24, 2.45) is 23.7 Å². The third-order valence-electron chi connectivity index (χ3n) is 3.72. The van der Waals surface area contributed by atoms with Gasteiger partial charge in [0.2, 0.25) is 0 Å². The van der Waals surface area contributed by atoms with E-state index in [1.54, 1.807) is 0 Å². The fourth-order valence-corrected chi connectivity index (χ4v) is 3.75. The van der Waals surface area contributed by atoms with Gasteiger partial charge in [0, 0.05) is 11.5 Å². The molecule has 2 heteroatoms. The zero-order chi connectivity index (χ0) is 8.29. The Balaban J connectivity index is 2.10. The molecule has 0 aromatic carbocycles. The van der Waals surface area contributed by atoms with Crippen molar-refractivity contribution in [3.05, 3.63) is 11.1 Å². The highest BCUT2D eigenvalue weighted by Gasteiger charge is 2.51. The topological polar surface area (TPSA) is 17.1 Å². The summed E-state index contributed by atoms with van der Waals surface area (Å²) in [4.78, 5) is 11.5. The van der Waals surface area contributed by atoms with Gasteiger partial charge in [0.1, 0.15) is 5.78 Å². The Morgan fingerprint density at radius 1 is 1.42 bits per heavy atom. The minimum atomic E-state index is 0.107. The SMILES string of the molecule is O=C1C[C@H]2C[C@H]3C=C(Cl)[C@@H]1[C@@H]2C3. The summed E-state index contributed by atoms with van der Waals surface area (Å²) < 4.78 is 0. The Kier molecular flexibility index (Phi) is 1.27. The molecule has 0 saturated heterocycles. The van der Waals surface area contributed by atoms with E-state index in [-0.39, 0.29) is 5.92 Å². The van der Waals surface area contributed by atoms with E-state index < -0.39 is 0 Å². The van der Waals surface area contributed by atoms with E-state index in [0.717, 1.165) is 11.5 Å². The number of allylic oxidation sites excluding steroid dienone is 2. The number of carbonyl (C=O) groups is 1. The second-order valence-electron chi connectivity index (χ2n) is 4.36. The van der Waals surface area contributed by atoms with E-state index in [2.05, 4.69) is 6.08 Å². The second-order valence-corrected chi connectivity index (χ2v) is 4.79. The molecular weight excluding hydrogens is 172 g/mol. The van der Waals surface area contributed by atoms with Gasteiger partial charge >= 0.3 is 0 Å². The van der Waals surface area contributed by atoms with Gasteiger partial charge in [-0.05, 0) is 30.6 Å². The molecule has 0 unspecified atom stereocenters. The number of fused-ring (bicyclic) bond motifs is 1. The van der Waals surface area contributed by atoms with Gasteiger partial charge in [0.15, 0.2) is 0 Å². The highest BCUT2D eigenvalue weighted by atomic mass is 35.5. The van der Waals surface area contributed by atoms with Gasteiger partial charge in [0.25, 0.3) is 0 Å². The molecule has 0 aliphatic heterocycles. The van der Waals surface area contributed by atoms with Gasteiger partial charge in [-0.3, -0.25) is 4.79 Å². The van der Waals surface area contributed by atoms with E-state index in [9.17, 15) is 4.79 Å². The monoisotopic (exact) mass is 182 g/mol. The highest BCUT2D eigenvalue weighted by molar-refractivity contribution is 6.31. The first-order valence-corrected chi connectivity index (χ1v) is 5.03. The molecule has 3 aliphatic carbocycles. The molecule has 0 heterocycles. The minimum absolute atomic E-state index is 0.107. The van der Waals surface area contributed by atoms with Gasteiger partial charge in [-0.1, -0.05) is 17.7 Å². The van der Waals surface area contributed by atoms with Crippen molar-refractivity contribution in [1.29, 1.82) is 0 Å². The maximum Gasteiger partial charge on any atom is 0.141 e. The summed E-state index contributed by atoms with van der Waals surface area (Å²) in [5.74, 6) is 2.47. The van der Waals surface area contributed by atoms with Crippen LogP contribution in [0.25, 0.3) is 0 Å². The van der Waals surface area contributed by atoms with Crippen LogP contribution in [0.2, 0.25) is 0 Å². The molecule has 3 rings (SSSR count). The minimum Gasteiger partial charge on any atom is -0.299 e. The maximum absolute atomic E-state index is 11.5. The average Bonchev–Trinajstić information content (AvgIpc) is 2.40. The summed E-state index contributed by atoms with van der Waals surface area (Å²) in [6, 6.07) is 0. The van der Waals surface area contributed by atoms with Crippen molar-refractivity contribution in [2.45, 2.75) is 19.3 Å². The third-order valence-corrected chi connectivity index (χ3v) is 4.08. The molecule has 4 atom stereocenters. The van der Waals surface area contributed by atoms with Crippen molar-refractivity contribution in [2.75, 3.05) is 0 Å². The number of hydrogen-bond donors (Lipinski definition) is 0. The van der Waals surface area contributed by atoms with Crippen LogP contribution in [-0.2, 0) is 4.79 Å². The Labute approximate surface area is 76.8 Å². The van der Waals surface area contributed by atoms with Gasteiger partial charge in [-0.25, -0.2) is 0 Å². The molecule has 3 aliphatic rings.